The molecule has 1 amide bonds. The van der Waals surface area contributed by atoms with Crippen LogP contribution >= 0.6 is 0 Å². The number of aliphatic hydroxyl groups is 1. The molecule has 0 aromatic heterocycles. The highest BCUT2D eigenvalue weighted by Crippen LogP contribution is 1.87. The van der Waals surface area contributed by atoms with E-state index in [2.05, 4.69) is 5.32 Å². The van der Waals surface area contributed by atoms with E-state index in [0.717, 1.165) is 0 Å². The van der Waals surface area contributed by atoms with Crippen LogP contribution in [0.5, 0.6) is 0 Å². The molecule has 2 N–H and O–H groups in total. The third kappa shape index (κ3) is 7.21. The molecule has 1 unspecified atom stereocenters. The van der Waals surface area contributed by atoms with E-state index >= 15 is 0 Å². The molecule has 0 bridgehead atoms. The number of nitrogens with one attached hydrogen (secondary N) is 1. The van der Waals surface area contributed by atoms with E-state index in [0.29, 0.717) is 13.0 Å². The lowest BCUT2D eigenvalue weighted by molar-refractivity contribution is -0.127. The summed E-state index contributed by atoms with van der Waals surface area (Å²) in [5.41, 5.74) is 0. The van der Waals surface area contributed by atoms with E-state index in [9.17, 15) is 9.59 Å². The summed E-state index contributed by atoms with van der Waals surface area (Å²) < 4.78 is 0. The van der Waals surface area contributed by atoms with Crippen molar-refractivity contribution in [2.75, 3.05) is 6.54 Å². The zero-order chi connectivity index (χ0) is 9.56. The van der Waals surface area contributed by atoms with E-state index in [1.54, 1.807) is 6.92 Å². The van der Waals surface area contributed by atoms with Gasteiger partial charge in [0, 0.05) is 6.54 Å². The number of aliphatic hydroxyl groups excluding tert-OH is 1. The Bertz CT molecular complexity index is 166. The zero-order valence-corrected chi connectivity index (χ0v) is 7.46. The Morgan fingerprint density at radius 1 is 1.50 bits per heavy atom. The number of amides is 1. The third-order valence-electron chi connectivity index (χ3n) is 1.29. The van der Waals surface area contributed by atoms with Gasteiger partial charge in [-0.05, 0) is 20.3 Å². The van der Waals surface area contributed by atoms with Gasteiger partial charge in [0.05, 0.1) is 12.5 Å². The van der Waals surface area contributed by atoms with Gasteiger partial charge in [-0.25, -0.2) is 0 Å². The molecule has 0 aliphatic carbocycles. The molecule has 0 rings (SSSR count). The predicted octanol–water partition coefficient (Wildman–Crippen LogP) is -0.147. The lowest BCUT2D eigenvalue weighted by Gasteiger charge is -2.04. The Morgan fingerprint density at radius 2 is 2.08 bits per heavy atom. The minimum atomic E-state index is -0.414. The van der Waals surface area contributed by atoms with Crippen molar-refractivity contribution in [2.45, 2.75) is 32.8 Å². The molecule has 0 aliphatic rings. The average Bonchev–Trinajstić information content (AvgIpc) is 1.84. The van der Waals surface area contributed by atoms with Crippen LogP contribution in [-0.2, 0) is 9.59 Å². The number of ketones is 1. The summed E-state index contributed by atoms with van der Waals surface area (Å²) in [4.78, 5) is 21.3. The summed E-state index contributed by atoms with van der Waals surface area (Å²) in [7, 11) is 0. The minimum absolute atomic E-state index is 0.0696. The maximum Gasteiger partial charge on any atom is 0.227 e. The van der Waals surface area contributed by atoms with Gasteiger partial charge >= 0.3 is 0 Å². The first kappa shape index (κ1) is 11.1. The van der Waals surface area contributed by atoms with Gasteiger partial charge in [-0.2, -0.15) is 0 Å². The highest BCUT2D eigenvalue weighted by molar-refractivity contribution is 5.96. The van der Waals surface area contributed by atoms with Gasteiger partial charge in [0.1, 0.15) is 5.78 Å². The molecular weight excluding hydrogens is 158 g/mol. The third-order valence-corrected chi connectivity index (χ3v) is 1.29. The summed E-state index contributed by atoms with van der Waals surface area (Å²) in [6.07, 6.45) is 0.0336. The Kier molecular flexibility index (Phi) is 5.28. The van der Waals surface area contributed by atoms with Crippen LogP contribution < -0.4 is 5.32 Å². The predicted molar refractivity (Wildman–Crippen MR) is 44.6 cm³/mol. The van der Waals surface area contributed by atoms with Crippen LogP contribution in [0.25, 0.3) is 0 Å². The molecule has 70 valence electrons. The van der Waals surface area contributed by atoms with Gasteiger partial charge in [-0.1, -0.05) is 0 Å². The van der Waals surface area contributed by atoms with Crippen molar-refractivity contribution in [1.82, 2.24) is 5.32 Å². The van der Waals surface area contributed by atoms with E-state index in [-0.39, 0.29) is 18.1 Å². The van der Waals surface area contributed by atoms with E-state index < -0.39 is 6.10 Å². The van der Waals surface area contributed by atoms with Crippen LogP contribution in [0.2, 0.25) is 0 Å². The lowest BCUT2D eigenvalue weighted by atomic mass is 10.2. The summed E-state index contributed by atoms with van der Waals surface area (Å²) in [5, 5.41) is 11.4. The summed E-state index contributed by atoms with van der Waals surface area (Å²) in [6.45, 7) is 3.44. The van der Waals surface area contributed by atoms with Gasteiger partial charge in [-0.15, -0.1) is 0 Å². The van der Waals surface area contributed by atoms with Crippen molar-refractivity contribution in [3.8, 4) is 0 Å². The highest BCUT2D eigenvalue weighted by atomic mass is 16.3. The number of rotatable bonds is 5. The number of Topliss-reactive ketones (excluding diaryl/α,β-unsaturated/α-hetero) is 1. The van der Waals surface area contributed by atoms with Crippen LogP contribution in [0, 0.1) is 0 Å². The molecule has 12 heavy (non-hydrogen) atoms. The Balaban J connectivity index is 3.38. The fourth-order valence-electron chi connectivity index (χ4n) is 0.709. The fourth-order valence-corrected chi connectivity index (χ4v) is 0.709. The molecule has 1 atom stereocenters. The summed E-state index contributed by atoms with van der Waals surface area (Å²) in [6, 6.07) is 0. The van der Waals surface area contributed by atoms with Crippen molar-refractivity contribution in [3.63, 3.8) is 0 Å². The largest absolute Gasteiger partial charge is 0.393 e. The van der Waals surface area contributed by atoms with E-state index in [1.807, 2.05) is 0 Å². The van der Waals surface area contributed by atoms with Crippen LogP contribution in [-0.4, -0.2) is 29.4 Å². The van der Waals surface area contributed by atoms with Gasteiger partial charge < -0.3 is 10.4 Å². The molecule has 0 aromatic carbocycles. The molecule has 0 aromatic rings. The molecule has 4 nitrogen and oxygen atoms in total. The second-order valence-electron chi connectivity index (χ2n) is 2.87. The molecule has 0 radical (unpaired) electrons. The quantitative estimate of drug-likeness (QED) is 0.568. The monoisotopic (exact) mass is 173 g/mol. The van der Waals surface area contributed by atoms with Crippen LogP contribution in [0.1, 0.15) is 26.7 Å². The second kappa shape index (κ2) is 5.71. The Morgan fingerprint density at radius 3 is 2.50 bits per heavy atom. The Hall–Kier alpha value is -0.900. The van der Waals surface area contributed by atoms with Crippen molar-refractivity contribution in [2.24, 2.45) is 0 Å². The van der Waals surface area contributed by atoms with Crippen LogP contribution in [0.15, 0.2) is 0 Å². The molecule has 0 saturated carbocycles. The normalized spacial score (nSPS) is 12.2. The SMILES string of the molecule is CC(=O)CC(=O)NCCC(C)O. The van der Waals surface area contributed by atoms with Crippen LogP contribution in [0.3, 0.4) is 0 Å². The fraction of sp³-hybridized carbons (Fsp3) is 0.750. The summed E-state index contributed by atoms with van der Waals surface area (Å²) in [5.74, 6) is -0.423. The smallest absolute Gasteiger partial charge is 0.227 e. The first-order chi connectivity index (χ1) is 5.52. The second-order valence-corrected chi connectivity index (χ2v) is 2.87. The first-order valence-electron chi connectivity index (χ1n) is 3.96. The average molecular weight is 173 g/mol. The van der Waals surface area contributed by atoms with Crippen molar-refractivity contribution in [3.05, 3.63) is 0 Å². The van der Waals surface area contributed by atoms with Crippen LogP contribution in [0.4, 0.5) is 0 Å². The van der Waals surface area contributed by atoms with Crippen molar-refractivity contribution in [1.29, 1.82) is 0 Å². The van der Waals surface area contributed by atoms with Gasteiger partial charge in [0.15, 0.2) is 0 Å². The van der Waals surface area contributed by atoms with Crippen molar-refractivity contribution >= 4 is 11.7 Å². The standard InChI is InChI=1S/C8H15NO3/c1-6(10)3-4-9-8(12)5-7(2)11/h6,10H,3-5H2,1-2H3,(H,9,12). The summed E-state index contributed by atoms with van der Waals surface area (Å²) >= 11 is 0. The van der Waals surface area contributed by atoms with Gasteiger partial charge in [0.25, 0.3) is 0 Å². The number of carbonyl (C=O) groups is 2. The minimum Gasteiger partial charge on any atom is -0.393 e. The lowest BCUT2D eigenvalue weighted by Crippen LogP contribution is -2.27. The maximum atomic E-state index is 10.8. The molecule has 0 saturated heterocycles. The Labute approximate surface area is 72.0 Å². The maximum absolute atomic E-state index is 10.8. The number of hydrogen-bond donors (Lipinski definition) is 2. The molecule has 0 fully saturated rings. The molecule has 0 aliphatic heterocycles. The van der Waals surface area contributed by atoms with Gasteiger partial charge in [0.2, 0.25) is 5.91 Å². The van der Waals surface area contributed by atoms with Crippen molar-refractivity contribution < 1.29 is 14.7 Å². The molecular formula is C8H15NO3. The molecule has 0 heterocycles. The first-order valence-corrected chi connectivity index (χ1v) is 3.96. The topological polar surface area (TPSA) is 66.4 Å². The van der Waals surface area contributed by atoms with E-state index in [1.165, 1.54) is 6.92 Å². The number of hydrogen-bond acceptors (Lipinski definition) is 3. The van der Waals surface area contributed by atoms with Gasteiger partial charge in [-0.3, -0.25) is 9.59 Å². The number of carbonyl (C=O) groups excluding carboxylic acids is 2. The molecule has 4 heteroatoms. The highest BCUT2D eigenvalue weighted by Gasteiger charge is 2.04. The zero-order valence-electron chi connectivity index (χ0n) is 7.46. The molecule has 0 spiro atoms. The van der Waals surface area contributed by atoms with E-state index in [4.69, 9.17) is 5.11 Å².